The zero-order valence-corrected chi connectivity index (χ0v) is 13.1. The number of rotatable bonds is 6. The molecule has 20 heavy (non-hydrogen) atoms. The highest BCUT2D eigenvalue weighted by Gasteiger charge is 2.49. The lowest BCUT2D eigenvalue weighted by Gasteiger charge is -2.51. The van der Waals surface area contributed by atoms with Gasteiger partial charge in [-0.1, -0.05) is 13.8 Å². The van der Waals surface area contributed by atoms with Crippen molar-refractivity contribution in [1.29, 1.82) is 0 Å². The number of halogens is 1. The molecule has 1 N–H and O–H groups in total. The zero-order chi connectivity index (χ0) is 14.8. The number of hydrogen-bond donors (Lipinski definition) is 1. The highest BCUT2D eigenvalue weighted by Crippen LogP contribution is 2.44. The highest BCUT2D eigenvalue weighted by molar-refractivity contribution is 6.28. The molecule has 1 aliphatic rings. The maximum Gasteiger partial charge on any atom is 0.322 e. The van der Waals surface area contributed by atoms with Crippen LogP contribution in [0.4, 0.5) is 5.95 Å². The second kappa shape index (κ2) is 6.10. The molecule has 7 heteroatoms. The van der Waals surface area contributed by atoms with Crippen LogP contribution in [-0.2, 0) is 4.74 Å². The van der Waals surface area contributed by atoms with E-state index >= 15 is 0 Å². The summed E-state index contributed by atoms with van der Waals surface area (Å²) in [5.41, 5.74) is 0.0287. The van der Waals surface area contributed by atoms with E-state index in [0.717, 1.165) is 13.0 Å². The number of ether oxygens (including phenoxy) is 2. The van der Waals surface area contributed by atoms with Crippen molar-refractivity contribution < 1.29 is 9.47 Å². The van der Waals surface area contributed by atoms with Gasteiger partial charge in [-0.05, 0) is 31.9 Å². The molecule has 0 saturated heterocycles. The summed E-state index contributed by atoms with van der Waals surface area (Å²) in [5.74, 6) is 0.446. The van der Waals surface area contributed by atoms with E-state index < -0.39 is 0 Å². The third-order valence-electron chi connectivity index (χ3n) is 3.71. The van der Waals surface area contributed by atoms with Gasteiger partial charge in [0, 0.05) is 18.1 Å². The number of hydrogen-bond acceptors (Lipinski definition) is 6. The molecular weight excluding hydrogens is 280 g/mol. The van der Waals surface area contributed by atoms with Crippen molar-refractivity contribution in [2.45, 2.75) is 46.3 Å². The molecule has 1 fully saturated rings. The van der Waals surface area contributed by atoms with E-state index in [1.54, 1.807) is 0 Å². The molecule has 1 aromatic heterocycles. The van der Waals surface area contributed by atoms with Crippen LogP contribution in [0.2, 0.25) is 5.28 Å². The summed E-state index contributed by atoms with van der Waals surface area (Å²) in [6.07, 6.45) is 1.18. The van der Waals surface area contributed by atoms with Crippen LogP contribution in [0.25, 0.3) is 0 Å². The average molecular weight is 301 g/mol. The molecule has 0 spiro atoms. The fraction of sp³-hybridized carbons (Fsp3) is 0.769. The van der Waals surface area contributed by atoms with E-state index in [9.17, 15) is 0 Å². The maximum absolute atomic E-state index is 5.87. The third kappa shape index (κ3) is 3.12. The molecular formula is C13H21ClN4O2. The van der Waals surface area contributed by atoms with Gasteiger partial charge in [-0.3, -0.25) is 0 Å². The van der Waals surface area contributed by atoms with Crippen molar-refractivity contribution in [1.82, 2.24) is 15.0 Å². The van der Waals surface area contributed by atoms with E-state index in [0.29, 0.717) is 12.6 Å². The zero-order valence-electron chi connectivity index (χ0n) is 12.3. The minimum absolute atomic E-state index is 0.0287. The Morgan fingerprint density at radius 3 is 2.60 bits per heavy atom. The van der Waals surface area contributed by atoms with E-state index in [4.69, 9.17) is 21.1 Å². The molecule has 6 nitrogen and oxygen atoms in total. The third-order valence-corrected chi connectivity index (χ3v) is 3.88. The fourth-order valence-electron chi connectivity index (χ4n) is 2.36. The second-order valence-electron chi connectivity index (χ2n) is 5.34. The lowest BCUT2D eigenvalue weighted by molar-refractivity contribution is -0.0977. The van der Waals surface area contributed by atoms with Crippen molar-refractivity contribution in [3.8, 4) is 6.01 Å². The van der Waals surface area contributed by atoms with E-state index in [1.165, 1.54) is 0 Å². The summed E-state index contributed by atoms with van der Waals surface area (Å²) in [5, 5.41) is 3.42. The first-order valence-corrected chi connectivity index (χ1v) is 7.27. The second-order valence-corrected chi connectivity index (χ2v) is 5.68. The molecule has 0 radical (unpaired) electrons. The summed E-state index contributed by atoms with van der Waals surface area (Å²) >= 11 is 5.87. The summed E-state index contributed by atoms with van der Waals surface area (Å²) in [4.78, 5) is 12.2. The lowest BCUT2D eigenvalue weighted by Crippen LogP contribution is -2.58. The van der Waals surface area contributed by atoms with Gasteiger partial charge in [-0.2, -0.15) is 15.0 Å². The van der Waals surface area contributed by atoms with Gasteiger partial charge < -0.3 is 14.8 Å². The van der Waals surface area contributed by atoms with Gasteiger partial charge in [0.2, 0.25) is 11.2 Å². The van der Waals surface area contributed by atoms with E-state index in [-0.39, 0.29) is 28.9 Å². The van der Waals surface area contributed by atoms with Crippen molar-refractivity contribution in [2.24, 2.45) is 5.41 Å². The van der Waals surface area contributed by atoms with Gasteiger partial charge in [0.15, 0.2) is 0 Å². The number of aromatic nitrogens is 3. The van der Waals surface area contributed by atoms with Crippen LogP contribution < -0.4 is 10.1 Å². The smallest absolute Gasteiger partial charge is 0.322 e. The molecule has 0 aliphatic heterocycles. The van der Waals surface area contributed by atoms with Crippen LogP contribution in [0, 0.1) is 5.41 Å². The Hall–Kier alpha value is -1.14. The summed E-state index contributed by atoms with van der Waals surface area (Å²) in [7, 11) is 0. The Morgan fingerprint density at radius 2 is 2.00 bits per heavy atom. The van der Waals surface area contributed by atoms with E-state index in [1.807, 2.05) is 13.8 Å². The predicted octanol–water partition coefficient (Wildman–Crippen LogP) is 2.54. The summed E-state index contributed by atoms with van der Waals surface area (Å²) in [6, 6.07) is 0.487. The Labute approximate surface area is 124 Å². The molecule has 1 heterocycles. The highest BCUT2D eigenvalue weighted by atomic mass is 35.5. The normalized spacial score (nSPS) is 24.1. The monoisotopic (exact) mass is 300 g/mol. The Balaban J connectivity index is 2.04. The number of nitrogens with zero attached hydrogens (tertiary/aromatic N) is 3. The molecule has 1 saturated carbocycles. The largest absolute Gasteiger partial charge is 0.464 e. The van der Waals surface area contributed by atoms with Crippen LogP contribution in [0.1, 0.15) is 34.1 Å². The first kappa shape index (κ1) is 15.3. The minimum Gasteiger partial charge on any atom is -0.464 e. The van der Waals surface area contributed by atoms with Crippen molar-refractivity contribution in [3.05, 3.63) is 5.28 Å². The molecule has 1 aromatic rings. The topological polar surface area (TPSA) is 69.2 Å². The van der Waals surface area contributed by atoms with Crippen LogP contribution in [-0.4, -0.2) is 40.3 Å². The molecule has 112 valence electrons. The molecule has 2 rings (SSSR count). The Kier molecular flexibility index (Phi) is 4.65. The van der Waals surface area contributed by atoms with Crippen molar-refractivity contribution in [3.63, 3.8) is 0 Å². The van der Waals surface area contributed by atoms with Crippen molar-refractivity contribution >= 4 is 17.5 Å². The number of anilines is 1. The molecule has 2 unspecified atom stereocenters. The summed E-state index contributed by atoms with van der Waals surface area (Å²) in [6.45, 7) is 9.43. The fourth-order valence-corrected chi connectivity index (χ4v) is 2.51. The maximum atomic E-state index is 5.87. The Morgan fingerprint density at radius 1 is 1.25 bits per heavy atom. The SMILES string of the molecule is CCOc1nc(Cl)nc(NC2CC(OCC)C2(C)C)n1. The van der Waals surface area contributed by atoms with Gasteiger partial charge in [-0.15, -0.1) is 0 Å². The van der Waals surface area contributed by atoms with Crippen LogP contribution >= 0.6 is 11.6 Å². The van der Waals surface area contributed by atoms with Gasteiger partial charge in [0.1, 0.15) is 0 Å². The molecule has 0 bridgehead atoms. The van der Waals surface area contributed by atoms with Gasteiger partial charge in [0.05, 0.1) is 12.7 Å². The van der Waals surface area contributed by atoms with Crippen LogP contribution in [0.5, 0.6) is 6.01 Å². The van der Waals surface area contributed by atoms with Crippen LogP contribution in [0.3, 0.4) is 0 Å². The standard InChI is InChI=1S/C13H21ClN4O2/c1-5-19-9-7-8(13(9,3)4)15-11-16-10(14)17-12(18-11)20-6-2/h8-9H,5-7H2,1-4H3,(H,15,16,17,18). The van der Waals surface area contributed by atoms with Crippen molar-refractivity contribution in [2.75, 3.05) is 18.5 Å². The van der Waals surface area contributed by atoms with Crippen LogP contribution in [0.15, 0.2) is 0 Å². The number of nitrogens with one attached hydrogen (secondary N) is 1. The van der Waals surface area contributed by atoms with Gasteiger partial charge in [0.25, 0.3) is 0 Å². The quantitative estimate of drug-likeness (QED) is 0.870. The lowest BCUT2D eigenvalue weighted by atomic mass is 9.64. The van der Waals surface area contributed by atoms with Gasteiger partial charge >= 0.3 is 6.01 Å². The first-order valence-electron chi connectivity index (χ1n) is 6.89. The van der Waals surface area contributed by atoms with E-state index in [2.05, 4.69) is 34.1 Å². The molecule has 1 aliphatic carbocycles. The molecule has 2 atom stereocenters. The Bertz CT molecular complexity index is 470. The molecule has 0 aromatic carbocycles. The first-order chi connectivity index (χ1) is 9.47. The molecule has 0 amide bonds. The minimum atomic E-state index is 0.0287. The predicted molar refractivity (Wildman–Crippen MR) is 77.2 cm³/mol. The van der Waals surface area contributed by atoms with Gasteiger partial charge in [-0.25, -0.2) is 0 Å². The average Bonchev–Trinajstić information content (AvgIpc) is 2.37. The summed E-state index contributed by atoms with van der Waals surface area (Å²) < 4.78 is 11.0.